The zero-order chi connectivity index (χ0) is 20.0. The SMILES string of the molecule is CCOC(=O)c1ccc(NC(=O)CN(C)S(=O)(=O)c2ccccc2)c(C)c1. The number of rotatable bonds is 7. The molecule has 0 aliphatic rings. The first-order chi connectivity index (χ1) is 12.8. The molecule has 0 saturated carbocycles. The Bertz CT molecular complexity index is 926. The predicted molar refractivity (Wildman–Crippen MR) is 102 cm³/mol. The quantitative estimate of drug-likeness (QED) is 0.733. The molecule has 2 aromatic carbocycles. The molecule has 2 rings (SSSR count). The first-order valence-electron chi connectivity index (χ1n) is 8.34. The highest BCUT2D eigenvalue weighted by Crippen LogP contribution is 2.18. The number of amides is 1. The second-order valence-electron chi connectivity index (χ2n) is 5.87. The Hall–Kier alpha value is -2.71. The van der Waals surface area contributed by atoms with E-state index in [1.54, 1.807) is 50.2 Å². The summed E-state index contributed by atoms with van der Waals surface area (Å²) in [4.78, 5) is 24.1. The minimum Gasteiger partial charge on any atom is -0.462 e. The van der Waals surface area contributed by atoms with Crippen LogP contribution in [0.15, 0.2) is 53.4 Å². The molecule has 1 N–H and O–H groups in total. The van der Waals surface area contributed by atoms with Gasteiger partial charge in [0.05, 0.1) is 23.6 Å². The highest BCUT2D eigenvalue weighted by Gasteiger charge is 2.23. The van der Waals surface area contributed by atoms with Crippen molar-refractivity contribution in [1.29, 1.82) is 0 Å². The third-order valence-electron chi connectivity index (χ3n) is 3.83. The molecule has 0 spiro atoms. The van der Waals surface area contributed by atoms with Gasteiger partial charge in [-0.15, -0.1) is 0 Å². The maximum atomic E-state index is 12.5. The summed E-state index contributed by atoms with van der Waals surface area (Å²) >= 11 is 0. The highest BCUT2D eigenvalue weighted by molar-refractivity contribution is 7.89. The third-order valence-corrected chi connectivity index (χ3v) is 5.65. The average molecular weight is 390 g/mol. The van der Waals surface area contributed by atoms with Crippen LogP contribution in [0.25, 0.3) is 0 Å². The molecule has 0 bridgehead atoms. The number of ether oxygens (including phenoxy) is 1. The van der Waals surface area contributed by atoms with E-state index in [2.05, 4.69) is 5.32 Å². The van der Waals surface area contributed by atoms with Crippen molar-refractivity contribution in [2.24, 2.45) is 0 Å². The van der Waals surface area contributed by atoms with Crippen molar-refractivity contribution in [1.82, 2.24) is 4.31 Å². The van der Waals surface area contributed by atoms with Crippen LogP contribution in [0.5, 0.6) is 0 Å². The van der Waals surface area contributed by atoms with Gasteiger partial charge < -0.3 is 10.1 Å². The first kappa shape index (κ1) is 20.6. The lowest BCUT2D eigenvalue weighted by atomic mass is 10.1. The minimum atomic E-state index is -3.75. The summed E-state index contributed by atoms with van der Waals surface area (Å²) in [5, 5.41) is 2.67. The Morgan fingerprint density at radius 2 is 1.78 bits per heavy atom. The van der Waals surface area contributed by atoms with Crippen LogP contribution >= 0.6 is 0 Å². The third kappa shape index (κ3) is 5.15. The van der Waals surface area contributed by atoms with Gasteiger partial charge in [-0.3, -0.25) is 4.79 Å². The molecule has 0 fully saturated rings. The number of anilines is 1. The number of nitrogens with one attached hydrogen (secondary N) is 1. The molecular formula is C19H22N2O5S. The zero-order valence-electron chi connectivity index (χ0n) is 15.4. The monoisotopic (exact) mass is 390 g/mol. The first-order valence-corrected chi connectivity index (χ1v) is 9.78. The Balaban J connectivity index is 2.06. The van der Waals surface area contributed by atoms with E-state index in [1.165, 1.54) is 19.2 Å². The van der Waals surface area contributed by atoms with E-state index in [0.29, 0.717) is 16.8 Å². The molecule has 0 aliphatic heterocycles. The van der Waals surface area contributed by atoms with Crippen molar-refractivity contribution < 1.29 is 22.7 Å². The van der Waals surface area contributed by atoms with Crippen molar-refractivity contribution in [3.05, 3.63) is 59.7 Å². The molecule has 27 heavy (non-hydrogen) atoms. The lowest BCUT2D eigenvalue weighted by molar-refractivity contribution is -0.116. The number of hydrogen-bond donors (Lipinski definition) is 1. The Morgan fingerprint density at radius 1 is 1.11 bits per heavy atom. The largest absolute Gasteiger partial charge is 0.462 e. The Morgan fingerprint density at radius 3 is 2.37 bits per heavy atom. The summed E-state index contributed by atoms with van der Waals surface area (Å²) in [7, 11) is -2.40. The molecule has 7 nitrogen and oxygen atoms in total. The molecule has 2 aromatic rings. The van der Waals surface area contributed by atoms with E-state index in [4.69, 9.17) is 4.74 Å². The second kappa shape index (κ2) is 8.79. The summed E-state index contributed by atoms with van der Waals surface area (Å²) in [5.41, 5.74) is 1.55. The van der Waals surface area contributed by atoms with Crippen LogP contribution in [0.4, 0.5) is 5.69 Å². The van der Waals surface area contributed by atoms with E-state index >= 15 is 0 Å². The molecule has 0 radical (unpaired) electrons. The van der Waals surface area contributed by atoms with Gasteiger partial charge in [-0.1, -0.05) is 18.2 Å². The van der Waals surface area contributed by atoms with Gasteiger partial charge in [-0.2, -0.15) is 4.31 Å². The zero-order valence-corrected chi connectivity index (χ0v) is 16.2. The molecule has 0 heterocycles. The van der Waals surface area contributed by atoms with Crippen LogP contribution in [0.2, 0.25) is 0 Å². The molecule has 0 atom stereocenters. The summed E-state index contributed by atoms with van der Waals surface area (Å²) in [6.07, 6.45) is 0. The maximum absolute atomic E-state index is 12.5. The number of carbonyl (C=O) groups is 2. The van der Waals surface area contributed by atoms with Gasteiger partial charge in [0.15, 0.2) is 0 Å². The van der Waals surface area contributed by atoms with Gasteiger partial charge in [0.25, 0.3) is 0 Å². The van der Waals surface area contributed by atoms with E-state index in [1.807, 2.05) is 0 Å². The van der Waals surface area contributed by atoms with E-state index in [0.717, 1.165) is 4.31 Å². The fraction of sp³-hybridized carbons (Fsp3) is 0.263. The fourth-order valence-corrected chi connectivity index (χ4v) is 3.54. The number of hydrogen-bond acceptors (Lipinski definition) is 5. The predicted octanol–water partition coefficient (Wildman–Crippen LogP) is 2.43. The van der Waals surface area contributed by atoms with Gasteiger partial charge in [0, 0.05) is 12.7 Å². The lowest BCUT2D eigenvalue weighted by Crippen LogP contribution is -2.35. The second-order valence-corrected chi connectivity index (χ2v) is 7.92. The maximum Gasteiger partial charge on any atom is 0.338 e. The fourth-order valence-electron chi connectivity index (χ4n) is 2.39. The van der Waals surface area contributed by atoms with Crippen LogP contribution in [0.3, 0.4) is 0 Å². The summed E-state index contributed by atoms with van der Waals surface area (Å²) in [6, 6.07) is 12.7. The van der Waals surface area contributed by atoms with E-state index in [9.17, 15) is 18.0 Å². The topological polar surface area (TPSA) is 92.8 Å². The van der Waals surface area contributed by atoms with E-state index < -0.39 is 21.9 Å². The van der Waals surface area contributed by atoms with Crippen molar-refractivity contribution in [3.63, 3.8) is 0 Å². The van der Waals surface area contributed by atoms with Gasteiger partial charge in [-0.25, -0.2) is 13.2 Å². The summed E-state index contributed by atoms with van der Waals surface area (Å²) in [6.45, 7) is 3.40. The lowest BCUT2D eigenvalue weighted by Gasteiger charge is -2.17. The number of carbonyl (C=O) groups excluding carboxylic acids is 2. The van der Waals surface area contributed by atoms with Crippen LogP contribution in [-0.4, -0.2) is 44.8 Å². The van der Waals surface area contributed by atoms with Crippen LogP contribution in [-0.2, 0) is 19.6 Å². The Labute approximate surface area is 159 Å². The standard InChI is InChI=1S/C19H22N2O5S/c1-4-26-19(23)15-10-11-17(14(2)12-15)20-18(22)13-21(3)27(24,25)16-8-6-5-7-9-16/h5-12H,4,13H2,1-3H3,(H,20,22). The normalized spacial score (nSPS) is 11.3. The smallest absolute Gasteiger partial charge is 0.338 e. The van der Waals surface area contributed by atoms with Gasteiger partial charge in [-0.05, 0) is 49.7 Å². The van der Waals surface area contributed by atoms with Gasteiger partial charge >= 0.3 is 5.97 Å². The average Bonchev–Trinajstić information content (AvgIpc) is 2.64. The van der Waals surface area contributed by atoms with Crippen molar-refractivity contribution in [2.45, 2.75) is 18.7 Å². The number of esters is 1. The van der Waals surface area contributed by atoms with Crippen molar-refractivity contribution >= 4 is 27.6 Å². The number of aryl methyl sites for hydroxylation is 1. The van der Waals surface area contributed by atoms with Crippen LogP contribution in [0.1, 0.15) is 22.8 Å². The van der Waals surface area contributed by atoms with E-state index in [-0.39, 0.29) is 18.0 Å². The highest BCUT2D eigenvalue weighted by atomic mass is 32.2. The molecule has 0 saturated heterocycles. The van der Waals surface area contributed by atoms with Gasteiger partial charge in [0.2, 0.25) is 15.9 Å². The summed E-state index contributed by atoms with van der Waals surface area (Å²) < 4.78 is 30.8. The van der Waals surface area contributed by atoms with Gasteiger partial charge in [0.1, 0.15) is 0 Å². The molecule has 1 amide bonds. The number of sulfonamides is 1. The van der Waals surface area contributed by atoms with Crippen LogP contribution < -0.4 is 5.32 Å². The molecular weight excluding hydrogens is 368 g/mol. The van der Waals surface area contributed by atoms with Crippen LogP contribution in [0, 0.1) is 6.92 Å². The minimum absolute atomic E-state index is 0.121. The molecule has 8 heteroatoms. The van der Waals surface area contributed by atoms with Crippen molar-refractivity contribution in [2.75, 3.05) is 25.5 Å². The molecule has 0 unspecified atom stereocenters. The summed E-state index contributed by atoms with van der Waals surface area (Å²) in [5.74, 6) is -0.920. The molecule has 144 valence electrons. The number of benzene rings is 2. The Kier molecular flexibility index (Phi) is 6.70. The molecule has 0 aromatic heterocycles. The number of likely N-dealkylation sites (N-methyl/N-ethyl adjacent to an activating group) is 1. The number of nitrogens with zero attached hydrogens (tertiary/aromatic N) is 1. The van der Waals surface area contributed by atoms with Crippen molar-refractivity contribution in [3.8, 4) is 0 Å². The molecule has 0 aliphatic carbocycles.